The standard InChI is InChI=1S/C27H36N4O4/c1-2-18-30-19-12-22(13-20-30)21-6-8-23(9-7-21)31(24(32)10-11-25(33)34)27(14-4-3-5-15-27)26(35)29-17-16-28/h6-11,22H,2-5,12-15,17-20H2,1H3,(H,29,35)(H,33,34)/b11-10-. The molecular weight excluding hydrogens is 444 g/mol. The van der Waals surface area contributed by atoms with E-state index >= 15 is 0 Å². The molecule has 3 rings (SSSR count). The van der Waals surface area contributed by atoms with Gasteiger partial charge in [0, 0.05) is 17.8 Å². The molecule has 0 aromatic heterocycles. The number of nitrogens with one attached hydrogen (secondary N) is 1. The third kappa shape index (κ3) is 6.49. The van der Waals surface area contributed by atoms with E-state index in [9.17, 15) is 14.4 Å². The normalized spacial score (nSPS) is 18.6. The first-order valence-corrected chi connectivity index (χ1v) is 12.6. The molecule has 0 atom stereocenters. The van der Waals surface area contributed by atoms with E-state index in [-0.39, 0.29) is 12.5 Å². The van der Waals surface area contributed by atoms with Crippen molar-refractivity contribution < 1.29 is 19.5 Å². The number of nitriles is 1. The molecule has 1 aromatic rings. The Balaban J connectivity index is 1.92. The van der Waals surface area contributed by atoms with Crippen LogP contribution in [0.2, 0.25) is 0 Å². The largest absolute Gasteiger partial charge is 0.478 e. The van der Waals surface area contributed by atoms with Gasteiger partial charge >= 0.3 is 5.97 Å². The molecule has 0 bridgehead atoms. The third-order valence-corrected chi connectivity index (χ3v) is 7.20. The zero-order valence-corrected chi connectivity index (χ0v) is 20.5. The number of carboxylic acid groups (broad SMARTS) is 1. The molecule has 8 nitrogen and oxygen atoms in total. The molecule has 1 saturated heterocycles. The molecule has 2 fully saturated rings. The number of likely N-dealkylation sites (tertiary alicyclic amines) is 1. The van der Waals surface area contributed by atoms with Gasteiger partial charge in [-0.25, -0.2) is 4.79 Å². The SMILES string of the molecule is CCCN1CCC(c2ccc(N(C(=O)/C=C\C(=O)O)C3(C(=O)NCC#N)CCCCC3)cc2)CC1. The van der Waals surface area contributed by atoms with Crippen LogP contribution in [0.15, 0.2) is 36.4 Å². The van der Waals surface area contributed by atoms with Gasteiger partial charge in [-0.3, -0.25) is 14.5 Å². The number of amides is 2. The molecule has 0 unspecified atom stereocenters. The van der Waals surface area contributed by atoms with Crippen molar-refractivity contribution in [1.82, 2.24) is 10.2 Å². The van der Waals surface area contributed by atoms with E-state index in [1.54, 1.807) is 0 Å². The van der Waals surface area contributed by atoms with Gasteiger partial charge in [-0.1, -0.05) is 38.3 Å². The predicted octanol–water partition coefficient (Wildman–Crippen LogP) is 3.59. The first kappa shape index (κ1) is 26.4. The molecule has 2 amide bonds. The van der Waals surface area contributed by atoms with Gasteiger partial charge in [0.1, 0.15) is 12.1 Å². The van der Waals surface area contributed by atoms with Crippen LogP contribution in [0.3, 0.4) is 0 Å². The number of rotatable bonds is 9. The Hall–Kier alpha value is -3.18. The Bertz CT molecular complexity index is 952. The molecule has 0 radical (unpaired) electrons. The van der Waals surface area contributed by atoms with Crippen LogP contribution >= 0.6 is 0 Å². The quantitative estimate of drug-likeness (QED) is 0.412. The Morgan fingerprint density at radius 3 is 2.37 bits per heavy atom. The monoisotopic (exact) mass is 480 g/mol. The maximum atomic E-state index is 13.3. The van der Waals surface area contributed by atoms with E-state index in [4.69, 9.17) is 10.4 Å². The fourth-order valence-electron chi connectivity index (χ4n) is 5.48. The topological polar surface area (TPSA) is 114 Å². The van der Waals surface area contributed by atoms with Gasteiger partial charge in [0.25, 0.3) is 5.91 Å². The van der Waals surface area contributed by atoms with E-state index in [2.05, 4.69) is 17.1 Å². The highest BCUT2D eigenvalue weighted by Crippen LogP contribution is 2.38. The number of hydrogen-bond donors (Lipinski definition) is 2. The minimum Gasteiger partial charge on any atom is -0.478 e. The highest BCUT2D eigenvalue weighted by atomic mass is 16.4. The number of benzene rings is 1. The zero-order valence-electron chi connectivity index (χ0n) is 20.5. The summed E-state index contributed by atoms with van der Waals surface area (Å²) in [7, 11) is 0. The molecule has 8 heteroatoms. The molecule has 1 saturated carbocycles. The number of hydrogen-bond acceptors (Lipinski definition) is 5. The molecule has 1 aliphatic heterocycles. The minimum absolute atomic E-state index is 0.150. The summed E-state index contributed by atoms with van der Waals surface area (Å²) >= 11 is 0. The van der Waals surface area contributed by atoms with Gasteiger partial charge in [-0.2, -0.15) is 5.26 Å². The highest BCUT2D eigenvalue weighted by molar-refractivity contribution is 6.09. The van der Waals surface area contributed by atoms with Gasteiger partial charge in [0.2, 0.25) is 5.91 Å². The van der Waals surface area contributed by atoms with Gasteiger partial charge in [-0.05, 0) is 75.4 Å². The van der Waals surface area contributed by atoms with Crippen molar-refractivity contribution in [2.45, 2.75) is 69.7 Å². The zero-order chi connectivity index (χ0) is 25.3. The molecular formula is C27H36N4O4. The van der Waals surface area contributed by atoms with E-state index in [0.29, 0.717) is 24.4 Å². The molecule has 1 heterocycles. The second-order valence-corrected chi connectivity index (χ2v) is 9.49. The lowest BCUT2D eigenvalue weighted by atomic mass is 9.78. The Kier molecular flexibility index (Phi) is 9.44. The van der Waals surface area contributed by atoms with E-state index < -0.39 is 17.4 Å². The van der Waals surface area contributed by atoms with Crippen LogP contribution in [0.5, 0.6) is 0 Å². The number of carbonyl (C=O) groups excluding carboxylic acids is 2. The average Bonchev–Trinajstić information content (AvgIpc) is 2.88. The predicted molar refractivity (Wildman–Crippen MR) is 134 cm³/mol. The number of carbonyl (C=O) groups is 3. The van der Waals surface area contributed by atoms with Crippen LogP contribution < -0.4 is 10.2 Å². The van der Waals surface area contributed by atoms with E-state index in [1.165, 1.54) is 10.5 Å². The Morgan fingerprint density at radius 2 is 1.80 bits per heavy atom. The molecule has 2 N–H and O–H groups in total. The summed E-state index contributed by atoms with van der Waals surface area (Å²) in [5.74, 6) is -1.70. The van der Waals surface area contributed by atoms with Gasteiger partial charge < -0.3 is 15.3 Å². The van der Waals surface area contributed by atoms with Crippen LogP contribution in [0, 0.1) is 11.3 Å². The third-order valence-electron chi connectivity index (χ3n) is 7.20. The maximum absolute atomic E-state index is 13.3. The second kappa shape index (κ2) is 12.5. The molecule has 2 aliphatic rings. The smallest absolute Gasteiger partial charge is 0.328 e. The first-order chi connectivity index (χ1) is 16.9. The van der Waals surface area contributed by atoms with Crippen LogP contribution in [0.4, 0.5) is 5.69 Å². The number of piperidine rings is 1. The molecule has 188 valence electrons. The second-order valence-electron chi connectivity index (χ2n) is 9.49. The Labute approximate surface area is 207 Å². The number of carboxylic acids is 1. The van der Waals surface area contributed by atoms with Gasteiger partial charge in [0.15, 0.2) is 0 Å². The van der Waals surface area contributed by atoms with Crippen molar-refractivity contribution >= 4 is 23.5 Å². The fourth-order valence-corrected chi connectivity index (χ4v) is 5.48. The summed E-state index contributed by atoms with van der Waals surface area (Å²) in [6.45, 7) is 5.33. The lowest BCUT2D eigenvalue weighted by molar-refractivity contribution is -0.131. The van der Waals surface area contributed by atoms with Crippen LogP contribution in [-0.4, -0.2) is 59.5 Å². The minimum atomic E-state index is -1.23. The first-order valence-electron chi connectivity index (χ1n) is 12.6. The van der Waals surface area contributed by atoms with Crippen molar-refractivity contribution in [2.24, 2.45) is 0 Å². The fraction of sp³-hybridized carbons (Fsp3) is 0.556. The average molecular weight is 481 g/mol. The summed E-state index contributed by atoms with van der Waals surface area (Å²) in [5.41, 5.74) is 0.610. The van der Waals surface area contributed by atoms with Crippen LogP contribution in [0.1, 0.15) is 69.8 Å². The van der Waals surface area contributed by atoms with Crippen molar-refractivity contribution in [3.63, 3.8) is 0 Å². The van der Waals surface area contributed by atoms with Gasteiger partial charge in [-0.15, -0.1) is 0 Å². The van der Waals surface area contributed by atoms with Crippen molar-refractivity contribution in [1.29, 1.82) is 5.26 Å². The summed E-state index contributed by atoms with van der Waals surface area (Å²) in [6.07, 6.45) is 8.53. The van der Waals surface area contributed by atoms with Crippen LogP contribution in [-0.2, 0) is 14.4 Å². The lowest BCUT2D eigenvalue weighted by Crippen LogP contribution is -2.62. The van der Waals surface area contributed by atoms with E-state index in [0.717, 1.165) is 70.3 Å². The molecule has 1 aromatic carbocycles. The van der Waals surface area contributed by atoms with E-state index in [1.807, 2.05) is 30.3 Å². The number of nitrogens with zero attached hydrogens (tertiary/aromatic N) is 3. The van der Waals surface area contributed by atoms with Crippen LogP contribution in [0.25, 0.3) is 0 Å². The summed E-state index contributed by atoms with van der Waals surface area (Å²) < 4.78 is 0. The van der Waals surface area contributed by atoms with Gasteiger partial charge in [0.05, 0.1) is 6.07 Å². The summed E-state index contributed by atoms with van der Waals surface area (Å²) in [4.78, 5) is 41.7. The number of aliphatic carboxylic acids is 1. The number of anilines is 1. The van der Waals surface area contributed by atoms with Crippen molar-refractivity contribution in [3.05, 3.63) is 42.0 Å². The van der Waals surface area contributed by atoms with Crippen molar-refractivity contribution in [2.75, 3.05) is 31.1 Å². The molecule has 35 heavy (non-hydrogen) atoms. The van der Waals surface area contributed by atoms with Crippen molar-refractivity contribution in [3.8, 4) is 6.07 Å². The highest BCUT2D eigenvalue weighted by Gasteiger charge is 2.47. The molecule has 0 spiro atoms. The summed E-state index contributed by atoms with van der Waals surface area (Å²) in [5, 5.41) is 20.7. The summed E-state index contributed by atoms with van der Waals surface area (Å²) in [6, 6.07) is 9.72. The lowest BCUT2D eigenvalue weighted by Gasteiger charge is -2.44. The maximum Gasteiger partial charge on any atom is 0.328 e. The Morgan fingerprint density at radius 1 is 1.14 bits per heavy atom. The molecule has 1 aliphatic carbocycles.